The van der Waals surface area contributed by atoms with E-state index < -0.39 is 6.04 Å². The van der Waals surface area contributed by atoms with Crippen molar-refractivity contribution in [1.82, 2.24) is 10.2 Å². The van der Waals surface area contributed by atoms with Crippen molar-refractivity contribution in [2.75, 3.05) is 26.7 Å². The van der Waals surface area contributed by atoms with Crippen LogP contribution in [0.4, 0.5) is 0 Å². The second kappa shape index (κ2) is 7.22. The molecule has 1 fully saturated rings. The second-order valence-corrected chi connectivity index (χ2v) is 5.28. The zero-order valence-corrected chi connectivity index (χ0v) is 12.6. The van der Waals surface area contributed by atoms with Crippen molar-refractivity contribution in [3.05, 3.63) is 35.4 Å². The van der Waals surface area contributed by atoms with Gasteiger partial charge in [0.15, 0.2) is 0 Å². The molecule has 114 valence electrons. The summed E-state index contributed by atoms with van der Waals surface area (Å²) in [6.07, 6.45) is 2.12. The van der Waals surface area contributed by atoms with Gasteiger partial charge in [-0.3, -0.25) is 10.1 Å². The number of methoxy groups -OCH3 is 1. The first-order valence-corrected chi connectivity index (χ1v) is 7.28. The van der Waals surface area contributed by atoms with Gasteiger partial charge in [-0.15, -0.1) is 0 Å². The monoisotopic (exact) mass is 290 g/mol. The predicted octanol–water partition coefficient (Wildman–Crippen LogP) is 1.42. The van der Waals surface area contributed by atoms with Crippen LogP contribution in [0.3, 0.4) is 0 Å². The van der Waals surface area contributed by atoms with Crippen molar-refractivity contribution >= 4 is 11.9 Å². The molecule has 1 aromatic carbocycles. The Labute approximate surface area is 125 Å². The second-order valence-electron chi connectivity index (χ2n) is 5.28. The average molecular weight is 290 g/mol. The molecule has 5 heteroatoms. The zero-order chi connectivity index (χ0) is 15.2. The summed E-state index contributed by atoms with van der Waals surface area (Å²) in [5.41, 5.74) is 1.84. The number of ether oxygens (including phenoxy) is 1. The van der Waals surface area contributed by atoms with Crippen LogP contribution in [-0.2, 0) is 14.3 Å². The highest BCUT2D eigenvalue weighted by Gasteiger charge is 2.25. The van der Waals surface area contributed by atoms with Crippen molar-refractivity contribution in [3.63, 3.8) is 0 Å². The lowest BCUT2D eigenvalue weighted by Gasteiger charge is -2.21. The fourth-order valence-electron chi connectivity index (χ4n) is 2.62. The molecule has 0 unspecified atom stereocenters. The molecule has 0 spiro atoms. The van der Waals surface area contributed by atoms with Crippen LogP contribution in [-0.4, -0.2) is 43.5 Å². The largest absolute Gasteiger partial charge is 0.468 e. The highest BCUT2D eigenvalue weighted by atomic mass is 16.5. The highest BCUT2D eigenvalue weighted by molar-refractivity contribution is 5.81. The molecule has 0 bridgehead atoms. The maximum Gasteiger partial charge on any atom is 0.327 e. The molecule has 1 aliphatic heterocycles. The van der Waals surface area contributed by atoms with Crippen LogP contribution in [0.25, 0.3) is 0 Å². The van der Waals surface area contributed by atoms with E-state index in [4.69, 9.17) is 4.74 Å². The average Bonchev–Trinajstić information content (AvgIpc) is 3.03. The molecular weight excluding hydrogens is 268 g/mol. The molecule has 1 aliphatic rings. The first-order valence-electron chi connectivity index (χ1n) is 7.28. The Kier molecular flexibility index (Phi) is 5.33. The van der Waals surface area contributed by atoms with Crippen LogP contribution < -0.4 is 5.32 Å². The summed E-state index contributed by atoms with van der Waals surface area (Å²) in [6, 6.07) is 7.01. The molecule has 0 radical (unpaired) electrons. The van der Waals surface area contributed by atoms with Gasteiger partial charge in [-0.2, -0.15) is 0 Å². The standard InChI is InChI=1S/C16H22N2O3/c1-12-7-3-4-8-13(12)15(16(20)21-2)17-11-14(19)18-9-5-6-10-18/h3-4,7-8,15,17H,5-6,9-11H2,1-2H3/t15-/m1/s1. The normalized spacial score (nSPS) is 15.8. The smallest absolute Gasteiger partial charge is 0.327 e. The van der Waals surface area contributed by atoms with Crippen molar-refractivity contribution in [3.8, 4) is 0 Å². The lowest BCUT2D eigenvalue weighted by molar-refractivity contribution is -0.143. The number of hydrogen-bond donors (Lipinski definition) is 1. The Morgan fingerprint density at radius 1 is 1.29 bits per heavy atom. The minimum Gasteiger partial charge on any atom is -0.468 e. The summed E-state index contributed by atoms with van der Waals surface area (Å²) in [6.45, 7) is 3.71. The number of aryl methyl sites for hydroxylation is 1. The third kappa shape index (κ3) is 3.82. The molecule has 1 atom stereocenters. The van der Waals surface area contributed by atoms with Gasteiger partial charge in [0.1, 0.15) is 6.04 Å². The van der Waals surface area contributed by atoms with Crippen LogP contribution in [0.1, 0.15) is 30.0 Å². The molecule has 1 saturated heterocycles. The van der Waals surface area contributed by atoms with Crippen LogP contribution in [0.15, 0.2) is 24.3 Å². The van der Waals surface area contributed by atoms with Crippen LogP contribution in [0.2, 0.25) is 0 Å². The van der Waals surface area contributed by atoms with E-state index in [1.807, 2.05) is 36.1 Å². The molecule has 1 amide bonds. The Bertz CT molecular complexity index is 510. The number of likely N-dealkylation sites (tertiary alicyclic amines) is 1. The molecule has 1 heterocycles. The number of benzene rings is 1. The van der Waals surface area contributed by atoms with Gasteiger partial charge < -0.3 is 9.64 Å². The third-order valence-corrected chi connectivity index (χ3v) is 3.85. The van der Waals surface area contributed by atoms with E-state index in [1.165, 1.54) is 7.11 Å². The maximum atomic E-state index is 12.1. The first-order chi connectivity index (χ1) is 10.1. The van der Waals surface area contributed by atoms with E-state index in [-0.39, 0.29) is 18.4 Å². The lowest BCUT2D eigenvalue weighted by atomic mass is 10.0. The lowest BCUT2D eigenvalue weighted by Crippen LogP contribution is -2.40. The molecule has 2 rings (SSSR count). The van der Waals surface area contributed by atoms with Crippen LogP contribution in [0, 0.1) is 6.92 Å². The van der Waals surface area contributed by atoms with Gasteiger partial charge in [-0.1, -0.05) is 24.3 Å². The molecule has 21 heavy (non-hydrogen) atoms. The van der Waals surface area contributed by atoms with Gasteiger partial charge in [0.2, 0.25) is 5.91 Å². The van der Waals surface area contributed by atoms with Crippen molar-refractivity contribution in [1.29, 1.82) is 0 Å². The van der Waals surface area contributed by atoms with E-state index in [0.717, 1.165) is 37.1 Å². The number of nitrogens with zero attached hydrogens (tertiary/aromatic N) is 1. The van der Waals surface area contributed by atoms with E-state index >= 15 is 0 Å². The van der Waals surface area contributed by atoms with Gasteiger partial charge in [0, 0.05) is 13.1 Å². The van der Waals surface area contributed by atoms with E-state index in [2.05, 4.69) is 5.32 Å². The molecule has 1 aromatic rings. The van der Waals surface area contributed by atoms with E-state index in [0.29, 0.717) is 0 Å². The summed E-state index contributed by atoms with van der Waals surface area (Å²) in [5, 5.41) is 3.04. The number of nitrogens with one attached hydrogen (secondary N) is 1. The summed E-state index contributed by atoms with van der Waals surface area (Å²) in [4.78, 5) is 25.9. The maximum absolute atomic E-state index is 12.1. The van der Waals surface area contributed by atoms with Gasteiger partial charge in [0.05, 0.1) is 13.7 Å². The number of carbonyl (C=O) groups excluding carboxylic acids is 2. The number of carbonyl (C=O) groups is 2. The minimum atomic E-state index is -0.609. The fraction of sp³-hybridized carbons (Fsp3) is 0.500. The predicted molar refractivity (Wildman–Crippen MR) is 79.8 cm³/mol. The SMILES string of the molecule is COC(=O)[C@H](NCC(=O)N1CCCC1)c1ccccc1C. The van der Waals surface area contributed by atoms with E-state index in [9.17, 15) is 9.59 Å². The van der Waals surface area contributed by atoms with Crippen molar-refractivity contribution in [2.24, 2.45) is 0 Å². The van der Waals surface area contributed by atoms with Crippen LogP contribution >= 0.6 is 0 Å². The molecule has 5 nitrogen and oxygen atoms in total. The Hall–Kier alpha value is -1.88. The van der Waals surface area contributed by atoms with Crippen molar-refractivity contribution in [2.45, 2.75) is 25.8 Å². The quantitative estimate of drug-likeness (QED) is 0.833. The van der Waals surface area contributed by atoms with Crippen molar-refractivity contribution < 1.29 is 14.3 Å². The van der Waals surface area contributed by atoms with Crippen LogP contribution in [0.5, 0.6) is 0 Å². The van der Waals surface area contributed by atoms with Gasteiger partial charge in [-0.25, -0.2) is 4.79 Å². The topological polar surface area (TPSA) is 58.6 Å². The number of hydrogen-bond acceptors (Lipinski definition) is 4. The van der Waals surface area contributed by atoms with E-state index in [1.54, 1.807) is 0 Å². The molecule has 0 aromatic heterocycles. The molecule has 0 saturated carbocycles. The van der Waals surface area contributed by atoms with Gasteiger partial charge in [-0.05, 0) is 30.9 Å². The summed E-state index contributed by atoms with van der Waals surface area (Å²) >= 11 is 0. The highest BCUT2D eigenvalue weighted by Crippen LogP contribution is 2.18. The first kappa shape index (κ1) is 15.5. The minimum absolute atomic E-state index is 0.0370. The summed E-state index contributed by atoms with van der Waals surface area (Å²) in [7, 11) is 1.36. The Balaban J connectivity index is 2.05. The summed E-state index contributed by atoms with van der Waals surface area (Å²) in [5.74, 6) is -0.339. The molecular formula is C16H22N2O3. The van der Waals surface area contributed by atoms with Gasteiger partial charge in [0.25, 0.3) is 0 Å². The number of rotatable bonds is 5. The molecule has 0 aliphatic carbocycles. The third-order valence-electron chi connectivity index (χ3n) is 3.85. The Morgan fingerprint density at radius 3 is 2.57 bits per heavy atom. The number of amides is 1. The number of esters is 1. The Morgan fingerprint density at radius 2 is 1.95 bits per heavy atom. The van der Waals surface area contributed by atoms with Gasteiger partial charge >= 0.3 is 5.97 Å². The fourth-order valence-corrected chi connectivity index (χ4v) is 2.62. The molecule has 1 N–H and O–H groups in total. The summed E-state index contributed by atoms with van der Waals surface area (Å²) < 4.78 is 4.85. The zero-order valence-electron chi connectivity index (χ0n) is 12.6.